The van der Waals surface area contributed by atoms with E-state index in [4.69, 9.17) is 5.73 Å². The van der Waals surface area contributed by atoms with Crippen LogP contribution < -0.4 is 11.3 Å². The summed E-state index contributed by atoms with van der Waals surface area (Å²) in [6.45, 7) is 4.92. The van der Waals surface area contributed by atoms with Crippen LogP contribution in [0.15, 0.2) is 4.79 Å². The fourth-order valence-corrected chi connectivity index (χ4v) is 1.95. The quantitative estimate of drug-likeness (QED) is 0.730. The Bertz CT molecular complexity index is 412. The molecule has 0 fully saturated rings. The molecule has 1 aliphatic heterocycles. The lowest BCUT2D eigenvalue weighted by molar-refractivity contribution is 0.283. The average molecular weight is 208 g/mol. The van der Waals surface area contributed by atoms with E-state index in [1.54, 1.807) is 0 Å². The number of aromatic amines is 1. The largest absolute Gasteiger partial charge is 0.324 e. The molecule has 0 atom stereocenters. The first-order chi connectivity index (χ1) is 7.24. The lowest BCUT2D eigenvalue weighted by Crippen LogP contribution is -2.20. The van der Waals surface area contributed by atoms with Crippen molar-refractivity contribution in [2.45, 2.75) is 33.0 Å². The molecule has 5 nitrogen and oxygen atoms in total. The van der Waals surface area contributed by atoms with Gasteiger partial charge in [-0.2, -0.15) is 0 Å². The minimum atomic E-state index is -0.0287. The highest BCUT2D eigenvalue weighted by atomic mass is 16.1. The van der Waals surface area contributed by atoms with E-state index in [0.717, 1.165) is 37.3 Å². The summed E-state index contributed by atoms with van der Waals surface area (Å²) in [6, 6.07) is 0. The molecule has 5 heteroatoms. The van der Waals surface area contributed by atoms with Crippen molar-refractivity contribution in [2.24, 2.45) is 5.73 Å². The van der Waals surface area contributed by atoms with Gasteiger partial charge in [0, 0.05) is 13.1 Å². The average Bonchev–Trinajstić information content (AvgIpc) is 2.61. The molecule has 1 aromatic heterocycles. The van der Waals surface area contributed by atoms with Gasteiger partial charge in [0.25, 0.3) is 5.56 Å². The summed E-state index contributed by atoms with van der Waals surface area (Å²) in [6.07, 6.45) is 1.09. The van der Waals surface area contributed by atoms with Crippen LogP contribution in [-0.4, -0.2) is 21.4 Å². The van der Waals surface area contributed by atoms with Crippen molar-refractivity contribution >= 4 is 0 Å². The Morgan fingerprint density at radius 2 is 2.33 bits per heavy atom. The maximum atomic E-state index is 11.7. The van der Waals surface area contributed by atoms with Gasteiger partial charge >= 0.3 is 0 Å². The Kier molecular flexibility index (Phi) is 2.83. The van der Waals surface area contributed by atoms with Crippen molar-refractivity contribution in [1.29, 1.82) is 0 Å². The molecular weight excluding hydrogens is 192 g/mol. The smallest absolute Gasteiger partial charge is 0.255 e. The predicted molar refractivity (Wildman–Crippen MR) is 57.2 cm³/mol. The van der Waals surface area contributed by atoms with Crippen LogP contribution in [-0.2, 0) is 19.6 Å². The summed E-state index contributed by atoms with van der Waals surface area (Å²) in [5.41, 5.74) is 7.13. The van der Waals surface area contributed by atoms with E-state index in [1.165, 1.54) is 0 Å². The van der Waals surface area contributed by atoms with Crippen LogP contribution in [0.1, 0.15) is 30.4 Å². The number of nitrogens with one attached hydrogen (secondary N) is 1. The Balaban J connectivity index is 2.29. The minimum absolute atomic E-state index is 0.0287. The van der Waals surface area contributed by atoms with Crippen LogP contribution >= 0.6 is 0 Å². The van der Waals surface area contributed by atoms with Crippen LogP contribution in [0.5, 0.6) is 0 Å². The predicted octanol–water partition coefficient (Wildman–Crippen LogP) is -0.0458. The molecule has 0 spiro atoms. The zero-order chi connectivity index (χ0) is 10.8. The van der Waals surface area contributed by atoms with Gasteiger partial charge in [0.05, 0.1) is 17.8 Å². The molecule has 82 valence electrons. The molecule has 0 aliphatic carbocycles. The third-order valence-corrected chi connectivity index (χ3v) is 2.64. The van der Waals surface area contributed by atoms with Crippen molar-refractivity contribution in [2.75, 3.05) is 6.54 Å². The number of nitrogens with two attached hydrogens (primary N) is 1. The summed E-state index contributed by atoms with van der Waals surface area (Å²) < 4.78 is 0. The third-order valence-electron chi connectivity index (χ3n) is 2.64. The molecule has 0 aromatic carbocycles. The molecule has 1 aromatic rings. The SMILES string of the molecule is CCCN1Cc2nc(CN)[nH]c(=O)c2C1. The lowest BCUT2D eigenvalue weighted by atomic mass is 10.3. The van der Waals surface area contributed by atoms with Crippen LogP contribution in [0.3, 0.4) is 0 Å². The second-order valence-electron chi connectivity index (χ2n) is 3.85. The first kappa shape index (κ1) is 10.3. The molecule has 2 heterocycles. The summed E-state index contributed by atoms with van der Waals surface area (Å²) in [5.74, 6) is 0.581. The number of aromatic nitrogens is 2. The van der Waals surface area contributed by atoms with Crippen molar-refractivity contribution in [3.8, 4) is 0 Å². The second-order valence-corrected chi connectivity index (χ2v) is 3.85. The molecule has 1 aliphatic rings. The zero-order valence-electron chi connectivity index (χ0n) is 8.92. The van der Waals surface area contributed by atoms with Crippen LogP contribution in [0.4, 0.5) is 0 Å². The zero-order valence-corrected chi connectivity index (χ0v) is 8.92. The van der Waals surface area contributed by atoms with Crippen molar-refractivity contribution in [3.05, 3.63) is 27.4 Å². The molecule has 0 saturated heterocycles. The number of nitrogens with zero attached hydrogens (tertiary/aromatic N) is 2. The highest BCUT2D eigenvalue weighted by Gasteiger charge is 2.22. The van der Waals surface area contributed by atoms with Gasteiger partial charge in [0.15, 0.2) is 0 Å². The van der Waals surface area contributed by atoms with Gasteiger partial charge < -0.3 is 10.7 Å². The van der Waals surface area contributed by atoms with E-state index in [-0.39, 0.29) is 12.1 Å². The maximum Gasteiger partial charge on any atom is 0.255 e. The van der Waals surface area contributed by atoms with Crippen LogP contribution in [0.25, 0.3) is 0 Å². The van der Waals surface area contributed by atoms with Crippen molar-refractivity contribution in [3.63, 3.8) is 0 Å². The maximum absolute atomic E-state index is 11.7. The molecule has 0 unspecified atom stereocenters. The number of H-pyrrole nitrogens is 1. The van der Waals surface area contributed by atoms with E-state index >= 15 is 0 Å². The fraction of sp³-hybridized carbons (Fsp3) is 0.600. The first-order valence-corrected chi connectivity index (χ1v) is 5.28. The molecule has 3 N–H and O–H groups in total. The Morgan fingerprint density at radius 1 is 1.53 bits per heavy atom. The Labute approximate surface area is 88.3 Å². The van der Waals surface area contributed by atoms with Gasteiger partial charge in [-0.25, -0.2) is 4.98 Å². The molecule has 15 heavy (non-hydrogen) atoms. The van der Waals surface area contributed by atoms with E-state index in [0.29, 0.717) is 5.82 Å². The normalized spacial score (nSPS) is 15.6. The van der Waals surface area contributed by atoms with E-state index in [1.807, 2.05) is 0 Å². The van der Waals surface area contributed by atoms with E-state index in [9.17, 15) is 4.79 Å². The van der Waals surface area contributed by atoms with Gasteiger partial charge in [-0.05, 0) is 13.0 Å². The van der Waals surface area contributed by atoms with Crippen LogP contribution in [0.2, 0.25) is 0 Å². The number of fused-ring (bicyclic) bond motifs is 1. The monoisotopic (exact) mass is 208 g/mol. The lowest BCUT2D eigenvalue weighted by Gasteiger charge is -2.11. The standard InChI is InChI=1S/C10H16N4O/c1-2-3-14-5-7-8(6-14)12-9(4-11)13-10(7)15/h2-6,11H2,1H3,(H,12,13,15). The van der Waals surface area contributed by atoms with Gasteiger partial charge in [0.2, 0.25) is 0 Å². The Hall–Kier alpha value is -1.20. The Morgan fingerprint density at radius 3 is 3.00 bits per heavy atom. The molecule has 0 amide bonds. The number of hydrogen-bond acceptors (Lipinski definition) is 4. The van der Waals surface area contributed by atoms with Crippen molar-refractivity contribution < 1.29 is 0 Å². The number of hydrogen-bond donors (Lipinski definition) is 2. The summed E-state index contributed by atoms with van der Waals surface area (Å²) >= 11 is 0. The molecule has 0 saturated carbocycles. The molecular formula is C10H16N4O. The fourth-order valence-electron chi connectivity index (χ4n) is 1.95. The van der Waals surface area contributed by atoms with Gasteiger partial charge in [0.1, 0.15) is 5.82 Å². The highest BCUT2D eigenvalue weighted by molar-refractivity contribution is 5.22. The molecule has 2 rings (SSSR count). The van der Waals surface area contributed by atoms with Gasteiger partial charge in [-0.1, -0.05) is 6.92 Å². The van der Waals surface area contributed by atoms with Crippen molar-refractivity contribution in [1.82, 2.24) is 14.9 Å². The van der Waals surface area contributed by atoms with E-state index in [2.05, 4.69) is 21.8 Å². The second kappa shape index (κ2) is 4.12. The highest BCUT2D eigenvalue weighted by Crippen LogP contribution is 2.17. The third kappa shape index (κ3) is 1.93. The van der Waals surface area contributed by atoms with Gasteiger partial charge in [-0.3, -0.25) is 9.69 Å². The van der Waals surface area contributed by atoms with Gasteiger partial charge in [-0.15, -0.1) is 0 Å². The van der Waals surface area contributed by atoms with Crippen LogP contribution in [0, 0.1) is 0 Å². The summed E-state index contributed by atoms with van der Waals surface area (Å²) in [7, 11) is 0. The number of rotatable bonds is 3. The first-order valence-electron chi connectivity index (χ1n) is 5.28. The minimum Gasteiger partial charge on any atom is -0.324 e. The van der Waals surface area contributed by atoms with E-state index < -0.39 is 0 Å². The molecule has 0 radical (unpaired) electrons. The topological polar surface area (TPSA) is 75.0 Å². The summed E-state index contributed by atoms with van der Waals surface area (Å²) in [4.78, 5) is 20.9. The molecule has 0 bridgehead atoms. The summed E-state index contributed by atoms with van der Waals surface area (Å²) in [5, 5.41) is 0.